The molecule has 138 valence electrons. The van der Waals surface area contributed by atoms with Gasteiger partial charge in [0.05, 0.1) is 0 Å². The van der Waals surface area contributed by atoms with Crippen molar-refractivity contribution >= 4 is 16.9 Å². The van der Waals surface area contributed by atoms with Crippen LogP contribution in [0.1, 0.15) is 45.1 Å². The van der Waals surface area contributed by atoms with Crippen LogP contribution in [-0.2, 0) is 11.2 Å². The molecule has 1 heterocycles. The summed E-state index contributed by atoms with van der Waals surface area (Å²) in [6, 6.07) is 6.88. The Morgan fingerprint density at radius 2 is 2.08 bits per heavy atom. The number of nitrogens with zero attached hydrogens (tertiary/aromatic N) is 1. The van der Waals surface area contributed by atoms with Crippen LogP contribution in [0.3, 0.4) is 0 Å². The van der Waals surface area contributed by atoms with Gasteiger partial charge in [0.15, 0.2) is 6.61 Å². The summed E-state index contributed by atoms with van der Waals surface area (Å²) < 4.78 is 11.0. The van der Waals surface area contributed by atoms with Crippen molar-refractivity contribution in [3.05, 3.63) is 52.0 Å². The fraction of sp³-hybridized carbons (Fsp3) is 0.429. The lowest BCUT2D eigenvalue weighted by atomic mass is 10.0. The van der Waals surface area contributed by atoms with E-state index in [0.717, 1.165) is 42.3 Å². The van der Waals surface area contributed by atoms with Gasteiger partial charge in [0, 0.05) is 29.8 Å². The molecule has 5 nitrogen and oxygen atoms in total. The van der Waals surface area contributed by atoms with E-state index in [2.05, 4.69) is 6.08 Å². The van der Waals surface area contributed by atoms with E-state index in [-0.39, 0.29) is 18.1 Å². The van der Waals surface area contributed by atoms with Crippen LogP contribution in [0, 0.1) is 0 Å². The average molecular weight is 355 g/mol. The number of fused-ring (bicyclic) bond motifs is 1. The third kappa shape index (κ3) is 3.98. The maximum absolute atomic E-state index is 12.6. The van der Waals surface area contributed by atoms with Crippen LogP contribution in [0.25, 0.3) is 11.0 Å². The standard InChI is InChI=1S/C21H25NO4/c1-3-15-12-21(24)26-19-13-17(10-11-18(15)19)25-14-20(23)22(4-2)16-8-6-5-7-9-16/h8,10-13H,3-7,9,14H2,1-2H3. The number of amides is 1. The topological polar surface area (TPSA) is 59.8 Å². The number of rotatable bonds is 6. The van der Waals surface area contributed by atoms with Gasteiger partial charge in [-0.2, -0.15) is 0 Å². The van der Waals surface area contributed by atoms with E-state index in [1.54, 1.807) is 11.0 Å². The average Bonchev–Trinajstić information content (AvgIpc) is 2.66. The van der Waals surface area contributed by atoms with Crippen LogP contribution in [0.5, 0.6) is 5.75 Å². The summed E-state index contributed by atoms with van der Waals surface area (Å²) in [5.41, 5.74) is 2.16. The monoisotopic (exact) mass is 355 g/mol. The molecule has 1 aromatic heterocycles. The molecule has 1 aliphatic carbocycles. The smallest absolute Gasteiger partial charge is 0.336 e. The molecule has 1 aromatic carbocycles. The van der Waals surface area contributed by atoms with Gasteiger partial charge in [0.1, 0.15) is 11.3 Å². The summed E-state index contributed by atoms with van der Waals surface area (Å²) in [4.78, 5) is 26.0. The molecule has 0 saturated heterocycles. The molecule has 0 N–H and O–H groups in total. The minimum Gasteiger partial charge on any atom is -0.484 e. The van der Waals surface area contributed by atoms with Gasteiger partial charge in [-0.3, -0.25) is 4.79 Å². The molecule has 2 aromatic rings. The van der Waals surface area contributed by atoms with Crippen LogP contribution in [0.4, 0.5) is 0 Å². The van der Waals surface area contributed by atoms with Crippen molar-refractivity contribution < 1.29 is 13.9 Å². The minimum atomic E-state index is -0.371. The van der Waals surface area contributed by atoms with Crippen LogP contribution in [0.2, 0.25) is 0 Å². The minimum absolute atomic E-state index is 0.0333. The van der Waals surface area contributed by atoms with E-state index in [1.807, 2.05) is 26.0 Å². The Morgan fingerprint density at radius 3 is 2.77 bits per heavy atom. The maximum Gasteiger partial charge on any atom is 0.336 e. The van der Waals surface area contributed by atoms with Crippen molar-refractivity contribution in [1.82, 2.24) is 4.90 Å². The zero-order chi connectivity index (χ0) is 18.5. The first-order chi connectivity index (χ1) is 12.6. The second kappa shape index (κ2) is 8.21. The van der Waals surface area contributed by atoms with E-state index in [9.17, 15) is 9.59 Å². The van der Waals surface area contributed by atoms with Gasteiger partial charge < -0.3 is 14.1 Å². The summed E-state index contributed by atoms with van der Waals surface area (Å²) in [5.74, 6) is 0.473. The predicted octanol–water partition coefficient (Wildman–Crippen LogP) is 4.04. The second-order valence-corrected chi connectivity index (χ2v) is 6.47. The SMILES string of the molecule is CCc1cc(=O)oc2cc(OCC(=O)N(CC)C3=CCCCC3)ccc12. The number of ether oxygens (including phenoxy) is 1. The number of hydrogen-bond acceptors (Lipinski definition) is 4. The van der Waals surface area contributed by atoms with Gasteiger partial charge in [-0.25, -0.2) is 4.79 Å². The third-order valence-electron chi connectivity index (χ3n) is 4.78. The molecule has 0 spiro atoms. The molecular weight excluding hydrogens is 330 g/mol. The zero-order valence-corrected chi connectivity index (χ0v) is 15.4. The molecule has 0 radical (unpaired) electrons. The summed E-state index contributed by atoms with van der Waals surface area (Å²) in [6.07, 6.45) is 7.20. The predicted molar refractivity (Wildman–Crippen MR) is 101 cm³/mol. The molecule has 0 fully saturated rings. The Hall–Kier alpha value is -2.56. The molecule has 0 aliphatic heterocycles. The fourth-order valence-electron chi connectivity index (χ4n) is 3.42. The highest BCUT2D eigenvalue weighted by Crippen LogP contribution is 2.24. The number of benzene rings is 1. The van der Waals surface area contributed by atoms with Gasteiger partial charge in [-0.15, -0.1) is 0 Å². The normalized spacial score (nSPS) is 14.2. The van der Waals surface area contributed by atoms with E-state index in [1.165, 1.54) is 12.5 Å². The van der Waals surface area contributed by atoms with E-state index in [0.29, 0.717) is 17.9 Å². The second-order valence-electron chi connectivity index (χ2n) is 6.47. The van der Waals surface area contributed by atoms with Crippen LogP contribution >= 0.6 is 0 Å². The number of aryl methyl sites for hydroxylation is 1. The number of hydrogen-bond donors (Lipinski definition) is 0. The number of allylic oxidation sites excluding steroid dienone is 2. The van der Waals surface area contributed by atoms with Crippen molar-refractivity contribution in [2.24, 2.45) is 0 Å². The molecule has 0 atom stereocenters. The molecule has 26 heavy (non-hydrogen) atoms. The summed E-state index contributed by atoms with van der Waals surface area (Å²) in [6.45, 7) is 4.58. The van der Waals surface area contributed by atoms with Crippen molar-refractivity contribution in [3.8, 4) is 5.75 Å². The van der Waals surface area contributed by atoms with Gasteiger partial charge in [-0.05, 0) is 56.7 Å². The molecular formula is C21H25NO4. The molecule has 0 bridgehead atoms. The number of carbonyl (C=O) groups excluding carboxylic acids is 1. The van der Waals surface area contributed by atoms with Crippen molar-refractivity contribution in [2.45, 2.75) is 46.0 Å². The Kier molecular flexibility index (Phi) is 5.76. The molecule has 1 aliphatic rings. The third-order valence-corrected chi connectivity index (χ3v) is 4.78. The Labute approximate surface area is 153 Å². The lowest BCUT2D eigenvalue weighted by molar-refractivity contribution is -0.131. The maximum atomic E-state index is 12.6. The molecule has 0 unspecified atom stereocenters. The van der Waals surface area contributed by atoms with Crippen LogP contribution in [-0.4, -0.2) is 24.0 Å². The highest BCUT2D eigenvalue weighted by Gasteiger charge is 2.18. The first-order valence-corrected chi connectivity index (χ1v) is 9.31. The highest BCUT2D eigenvalue weighted by molar-refractivity contribution is 5.82. The van der Waals surface area contributed by atoms with Crippen LogP contribution < -0.4 is 10.4 Å². The quantitative estimate of drug-likeness (QED) is 0.734. The van der Waals surface area contributed by atoms with E-state index in [4.69, 9.17) is 9.15 Å². The molecule has 0 saturated carbocycles. The Morgan fingerprint density at radius 1 is 1.23 bits per heavy atom. The van der Waals surface area contributed by atoms with Crippen molar-refractivity contribution in [2.75, 3.05) is 13.2 Å². The van der Waals surface area contributed by atoms with Crippen molar-refractivity contribution in [1.29, 1.82) is 0 Å². The Bertz CT molecular complexity index is 881. The molecule has 5 heteroatoms. The van der Waals surface area contributed by atoms with Crippen molar-refractivity contribution in [3.63, 3.8) is 0 Å². The first-order valence-electron chi connectivity index (χ1n) is 9.31. The Balaban J connectivity index is 1.73. The van der Waals surface area contributed by atoms with E-state index < -0.39 is 0 Å². The zero-order valence-electron chi connectivity index (χ0n) is 15.4. The summed E-state index contributed by atoms with van der Waals surface area (Å²) in [7, 11) is 0. The van der Waals surface area contributed by atoms with Gasteiger partial charge >= 0.3 is 5.63 Å². The molecule has 3 rings (SSSR count). The lowest BCUT2D eigenvalue weighted by Crippen LogP contribution is -2.34. The molecule has 1 amide bonds. The lowest BCUT2D eigenvalue weighted by Gasteiger charge is -2.26. The van der Waals surface area contributed by atoms with Gasteiger partial charge in [0.2, 0.25) is 0 Å². The number of carbonyl (C=O) groups is 1. The summed E-state index contributed by atoms with van der Waals surface area (Å²) >= 11 is 0. The largest absolute Gasteiger partial charge is 0.484 e. The first kappa shape index (κ1) is 18.2. The van der Waals surface area contributed by atoms with Gasteiger partial charge in [0.25, 0.3) is 5.91 Å². The highest BCUT2D eigenvalue weighted by atomic mass is 16.5. The fourth-order valence-corrected chi connectivity index (χ4v) is 3.42. The number of likely N-dealkylation sites (N-methyl/N-ethyl adjacent to an activating group) is 1. The van der Waals surface area contributed by atoms with Crippen LogP contribution in [0.15, 0.2) is 45.3 Å². The van der Waals surface area contributed by atoms with Gasteiger partial charge in [-0.1, -0.05) is 13.0 Å². The summed E-state index contributed by atoms with van der Waals surface area (Å²) in [5, 5.41) is 0.897. The van der Waals surface area contributed by atoms with E-state index >= 15 is 0 Å².